The zero-order valence-electron chi connectivity index (χ0n) is 25.6. The smallest absolute Gasteiger partial charge is 0.306 e. The molecule has 2 aliphatic heterocycles. The van der Waals surface area contributed by atoms with Crippen molar-refractivity contribution in [2.75, 3.05) is 51.9 Å². The Morgan fingerprint density at radius 3 is 2.60 bits per heavy atom. The number of esters is 1. The average Bonchev–Trinajstić information content (AvgIpc) is 3.29. The Labute approximate surface area is 253 Å². The number of carbonyl (C=O) groups excluding carboxylic acids is 3. The number of nitrogens with one attached hydrogen (secondary N) is 1. The van der Waals surface area contributed by atoms with E-state index in [1.54, 1.807) is 40.0 Å². The predicted octanol–water partition coefficient (Wildman–Crippen LogP) is 3.09. The zero-order valence-corrected chi connectivity index (χ0v) is 25.6. The molecule has 0 unspecified atom stereocenters. The first-order valence-electron chi connectivity index (χ1n) is 14.8. The van der Waals surface area contributed by atoms with E-state index in [4.69, 9.17) is 24.7 Å². The number of hydrogen-bond donors (Lipinski definition) is 2. The van der Waals surface area contributed by atoms with Crippen molar-refractivity contribution in [3.63, 3.8) is 0 Å². The SMILES string of the molecule is COCCNc1cc(CN2CCOCC2)ccc1COc1cccc2c1CN([C@@H](CCC(=O)OC(C)(C)C)C(N)=O)C2=O. The molecular formula is C32H44N4O7. The lowest BCUT2D eigenvalue weighted by molar-refractivity contribution is -0.155. The summed E-state index contributed by atoms with van der Waals surface area (Å²) < 4.78 is 22.4. The number of ether oxygens (including phenoxy) is 4. The van der Waals surface area contributed by atoms with Crippen LogP contribution in [0.2, 0.25) is 0 Å². The van der Waals surface area contributed by atoms with E-state index in [9.17, 15) is 14.4 Å². The Hall–Kier alpha value is -3.67. The van der Waals surface area contributed by atoms with Crippen LogP contribution in [0.5, 0.6) is 5.75 Å². The molecule has 3 N–H and O–H groups in total. The fourth-order valence-corrected chi connectivity index (χ4v) is 5.28. The number of anilines is 1. The normalized spacial score (nSPS) is 16.1. The summed E-state index contributed by atoms with van der Waals surface area (Å²) in [7, 11) is 1.67. The van der Waals surface area contributed by atoms with Gasteiger partial charge in [-0.1, -0.05) is 18.2 Å². The molecule has 2 amide bonds. The molecule has 11 heteroatoms. The van der Waals surface area contributed by atoms with Gasteiger partial charge in [-0.25, -0.2) is 0 Å². The van der Waals surface area contributed by atoms with Crippen molar-refractivity contribution in [2.24, 2.45) is 5.73 Å². The molecule has 0 spiro atoms. The molecule has 0 radical (unpaired) electrons. The van der Waals surface area contributed by atoms with E-state index >= 15 is 0 Å². The van der Waals surface area contributed by atoms with Gasteiger partial charge in [-0.05, 0) is 51.0 Å². The first-order chi connectivity index (χ1) is 20.6. The highest BCUT2D eigenvalue weighted by atomic mass is 16.6. The summed E-state index contributed by atoms with van der Waals surface area (Å²) >= 11 is 0. The van der Waals surface area contributed by atoms with Crippen LogP contribution in [0, 0.1) is 0 Å². The topological polar surface area (TPSA) is 133 Å². The highest BCUT2D eigenvalue weighted by molar-refractivity contribution is 6.01. The second-order valence-electron chi connectivity index (χ2n) is 11.8. The second kappa shape index (κ2) is 14.7. The van der Waals surface area contributed by atoms with E-state index < -0.39 is 23.5 Å². The van der Waals surface area contributed by atoms with E-state index in [2.05, 4.69) is 28.4 Å². The number of methoxy groups -OCH3 is 1. The van der Waals surface area contributed by atoms with Crippen LogP contribution >= 0.6 is 0 Å². The highest BCUT2D eigenvalue weighted by Gasteiger charge is 2.37. The van der Waals surface area contributed by atoms with Crippen molar-refractivity contribution in [1.29, 1.82) is 0 Å². The molecule has 0 aliphatic carbocycles. The van der Waals surface area contributed by atoms with Gasteiger partial charge in [0.05, 0.1) is 26.4 Å². The Morgan fingerprint density at radius 1 is 1.14 bits per heavy atom. The van der Waals surface area contributed by atoms with Crippen molar-refractivity contribution in [3.05, 3.63) is 58.7 Å². The van der Waals surface area contributed by atoms with E-state index in [-0.39, 0.29) is 31.9 Å². The van der Waals surface area contributed by atoms with E-state index in [1.807, 2.05) is 6.07 Å². The maximum atomic E-state index is 13.4. The quantitative estimate of drug-likeness (QED) is 0.249. The van der Waals surface area contributed by atoms with Gasteiger partial charge in [0, 0.05) is 62.1 Å². The van der Waals surface area contributed by atoms with Gasteiger partial charge < -0.3 is 34.9 Å². The third kappa shape index (κ3) is 8.92. The standard InChI is InChI=1S/C32H44N4O7/c1-32(2,3)43-29(37)11-10-27(30(33)38)36-20-25-24(31(36)39)6-5-7-28(25)42-21-23-9-8-22(18-26(23)34-12-15-40-4)19-35-13-16-41-17-14-35/h5-9,18,27,34H,10-17,19-21H2,1-4H3,(H2,33,38)/t27-/m0/s1. The summed E-state index contributed by atoms with van der Waals surface area (Å²) in [4.78, 5) is 41.8. The molecular weight excluding hydrogens is 552 g/mol. The average molecular weight is 597 g/mol. The molecule has 2 aliphatic rings. The molecule has 234 valence electrons. The Balaban J connectivity index is 1.46. The van der Waals surface area contributed by atoms with Gasteiger partial charge in [0.15, 0.2) is 0 Å². The van der Waals surface area contributed by atoms with Crippen LogP contribution in [0.3, 0.4) is 0 Å². The van der Waals surface area contributed by atoms with Gasteiger partial charge in [0.1, 0.15) is 24.0 Å². The Kier molecular flexibility index (Phi) is 11.0. The number of benzene rings is 2. The molecule has 0 saturated carbocycles. The Morgan fingerprint density at radius 2 is 1.91 bits per heavy atom. The first kappa shape index (κ1) is 32.2. The lowest BCUT2D eigenvalue weighted by atomic mass is 10.1. The monoisotopic (exact) mass is 596 g/mol. The maximum absolute atomic E-state index is 13.4. The number of nitrogens with zero attached hydrogens (tertiary/aromatic N) is 2. The van der Waals surface area contributed by atoms with Gasteiger partial charge in [-0.2, -0.15) is 0 Å². The Bertz CT molecular complexity index is 1290. The number of morpholine rings is 1. The highest BCUT2D eigenvalue weighted by Crippen LogP contribution is 2.34. The van der Waals surface area contributed by atoms with E-state index in [0.29, 0.717) is 30.0 Å². The van der Waals surface area contributed by atoms with Crippen LogP contribution in [-0.2, 0) is 43.5 Å². The van der Waals surface area contributed by atoms with E-state index in [1.165, 1.54) is 10.5 Å². The first-order valence-corrected chi connectivity index (χ1v) is 14.8. The van der Waals surface area contributed by atoms with Gasteiger partial charge in [0.2, 0.25) is 5.91 Å². The van der Waals surface area contributed by atoms with Crippen LogP contribution in [0.25, 0.3) is 0 Å². The summed E-state index contributed by atoms with van der Waals surface area (Å²) in [6.45, 7) is 11.1. The van der Waals surface area contributed by atoms with Crippen LogP contribution in [-0.4, -0.2) is 85.8 Å². The number of amides is 2. The van der Waals surface area contributed by atoms with Crippen molar-refractivity contribution in [3.8, 4) is 5.75 Å². The largest absolute Gasteiger partial charge is 0.488 e. The minimum absolute atomic E-state index is 0.0330. The fourth-order valence-electron chi connectivity index (χ4n) is 5.28. The molecule has 1 atom stereocenters. The van der Waals surface area contributed by atoms with Gasteiger partial charge in [0.25, 0.3) is 5.91 Å². The lowest BCUT2D eigenvalue weighted by Crippen LogP contribution is -2.45. The molecule has 0 bridgehead atoms. The van der Waals surface area contributed by atoms with Gasteiger partial charge >= 0.3 is 5.97 Å². The second-order valence-corrected chi connectivity index (χ2v) is 11.8. The summed E-state index contributed by atoms with van der Waals surface area (Å²) in [5, 5.41) is 3.46. The van der Waals surface area contributed by atoms with Crippen molar-refractivity contribution in [2.45, 2.75) is 65.0 Å². The molecule has 11 nitrogen and oxygen atoms in total. The number of fused-ring (bicyclic) bond motifs is 1. The minimum atomic E-state index is -0.948. The molecule has 2 heterocycles. The molecule has 2 aromatic carbocycles. The minimum Gasteiger partial charge on any atom is -0.488 e. The summed E-state index contributed by atoms with van der Waals surface area (Å²) in [5.41, 5.74) is 9.32. The number of primary amides is 1. The number of nitrogens with two attached hydrogens (primary N) is 1. The van der Waals surface area contributed by atoms with Crippen molar-refractivity contribution >= 4 is 23.5 Å². The maximum Gasteiger partial charge on any atom is 0.306 e. The van der Waals surface area contributed by atoms with Crippen LogP contribution in [0.4, 0.5) is 5.69 Å². The van der Waals surface area contributed by atoms with E-state index in [0.717, 1.165) is 44.1 Å². The van der Waals surface area contributed by atoms with Crippen molar-refractivity contribution < 1.29 is 33.3 Å². The third-order valence-electron chi connectivity index (χ3n) is 7.39. The van der Waals surface area contributed by atoms with Crippen LogP contribution in [0.15, 0.2) is 36.4 Å². The lowest BCUT2D eigenvalue weighted by Gasteiger charge is -2.27. The molecule has 1 fully saturated rings. The third-order valence-corrected chi connectivity index (χ3v) is 7.39. The summed E-state index contributed by atoms with van der Waals surface area (Å²) in [6.07, 6.45) is 0.0439. The fraction of sp³-hybridized carbons (Fsp3) is 0.531. The van der Waals surface area contributed by atoms with Crippen LogP contribution < -0.4 is 15.8 Å². The summed E-state index contributed by atoms with van der Waals surface area (Å²) in [5.74, 6) is -0.874. The summed E-state index contributed by atoms with van der Waals surface area (Å²) in [6, 6.07) is 10.7. The molecule has 4 rings (SSSR count). The van der Waals surface area contributed by atoms with Gasteiger partial charge in [-0.15, -0.1) is 0 Å². The van der Waals surface area contributed by atoms with Crippen LogP contribution in [0.1, 0.15) is 60.7 Å². The molecule has 2 aromatic rings. The molecule has 43 heavy (non-hydrogen) atoms. The molecule has 1 saturated heterocycles. The number of rotatable bonds is 14. The predicted molar refractivity (Wildman–Crippen MR) is 162 cm³/mol. The number of hydrogen-bond acceptors (Lipinski definition) is 9. The number of carbonyl (C=O) groups is 3. The zero-order chi connectivity index (χ0) is 31.0. The molecule has 0 aromatic heterocycles. The van der Waals surface area contributed by atoms with Crippen molar-refractivity contribution in [1.82, 2.24) is 9.80 Å². The van der Waals surface area contributed by atoms with Gasteiger partial charge in [-0.3, -0.25) is 19.3 Å².